The van der Waals surface area contributed by atoms with Crippen molar-refractivity contribution < 1.29 is 9.32 Å². The molecule has 0 aliphatic rings. The number of carbonyl (C=O) groups excluding carboxylic acids is 1. The van der Waals surface area contributed by atoms with E-state index in [0.717, 1.165) is 21.8 Å². The highest BCUT2D eigenvalue weighted by Gasteiger charge is 2.08. The molecule has 2 aromatic heterocycles. The number of carbonyl (C=O) groups is 1. The Kier molecular flexibility index (Phi) is 6.08. The predicted molar refractivity (Wildman–Crippen MR) is 106 cm³/mol. The summed E-state index contributed by atoms with van der Waals surface area (Å²) in [6.45, 7) is 2.27. The zero-order valence-electron chi connectivity index (χ0n) is 15.5. The minimum Gasteiger partial charge on any atom is -0.378 e. The molecule has 8 heteroatoms. The number of nitrogens with zero attached hydrogens (tertiary/aromatic N) is 4. The van der Waals surface area contributed by atoms with Gasteiger partial charge in [-0.1, -0.05) is 29.1 Å². The topological polar surface area (TPSA) is 84.2 Å². The van der Waals surface area contributed by atoms with Crippen LogP contribution in [0.5, 0.6) is 0 Å². The van der Waals surface area contributed by atoms with Gasteiger partial charge in [0.1, 0.15) is 0 Å². The number of thioether (sulfide) groups is 1. The van der Waals surface area contributed by atoms with Crippen LogP contribution in [0.4, 0.5) is 5.69 Å². The summed E-state index contributed by atoms with van der Waals surface area (Å²) in [5, 5.41) is 7.45. The number of benzene rings is 1. The van der Waals surface area contributed by atoms with E-state index >= 15 is 0 Å². The first-order valence-electron chi connectivity index (χ1n) is 8.44. The van der Waals surface area contributed by atoms with E-state index in [-0.39, 0.29) is 5.91 Å². The predicted octanol–water partition coefficient (Wildman–Crippen LogP) is 2.91. The van der Waals surface area contributed by atoms with Crippen LogP contribution in [-0.2, 0) is 11.3 Å². The summed E-state index contributed by atoms with van der Waals surface area (Å²) in [4.78, 5) is 22.6. The average Bonchev–Trinajstić information content (AvgIpc) is 3.12. The molecule has 0 atom stereocenters. The molecule has 1 amide bonds. The van der Waals surface area contributed by atoms with Gasteiger partial charge in [0.15, 0.2) is 5.82 Å². The van der Waals surface area contributed by atoms with E-state index in [2.05, 4.69) is 20.4 Å². The third kappa shape index (κ3) is 5.30. The van der Waals surface area contributed by atoms with Crippen molar-refractivity contribution in [3.8, 4) is 11.5 Å². The molecule has 0 saturated heterocycles. The fourth-order valence-electron chi connectivity index (χ4n) is 2.31. The molecular weight excluding hydrogens is 362 g/mol. The van der Waals surface area contributed by atoms with Gasteiger partial charge in [0, 0.05) is 32.5 Å². The summed E-state index contributed by atoms with van der Waals surface area (Å²) in [6, 6.07) is 11.8. The fourth-order valence-corrected chi connectivity index (χ4v) is 2.98. The summed E-state index contributed by atoms with van der Waals surface area (Å²) < 4.78 is 5.11. The van der Waals surface area contributed by atoms with Crippen molar-refractivity contribution in [2.75, 3.05) is 24.7 Å². The van der Waals surface area contributed by atoms with Gasteiger partial charge in [-0.05, 0) is 36.8 Å². The maximum absolute atomic E-state index is 12.1. The second-order valence-electron chi connectivity index (χ2n) is 6.16. The van der Waals surface area contributed by atoms with Crippen LogP contribution in [0, 0.1) is 6.92 Å². The summed E-state index contributed by atoms with van der Waals surface area (Å²) in [6.07, 6.45) is 1.67. The Hall–Kier alpha value is -2.87. The van der Waals surface area contributed by atoms with Crippen LogP contribution < -0.4 is 10.2 Å². The Morgan fingerprint density at radius 3 is 2.56 bits per heavy atom. The molecule has 0 bridgehead atoms. The molecular formula is C19H21N5O2S. The van der Waals surface area contributed by atoms with Gasteiger partial charge in [-0.2, -0.15) is 4.98 Å². The Bertz CT molecular complexity index is 891. The number of hydrogen-bond acceptors (Lipinski definition) is 7. The van der Waals surface area contributed by atoms with Crippen molar-refractivity contribution in [3.63, 3.8) is 0 Å². The van der Waals surface area contributed by atoms with Gasteiger partial charge < -0.3 is 14.7 Å². The van der Waals surface area contributed by atoms with E-state index in [1.807, 2.05) is 55.4 Å². The molecule has 3 aromatic rings. The van der Waals surface area contributed by atoms with E-state index in [1.54, 1.807) is 13.1 Å². The van der Waals surface area contributed by atoms with Crippen molar-refractivity contribution in [1.82, 2.24) is 20.4 Å². The summed E-state index contributed by atoms with van der Waals surface area (Å²) in [5.74, 6) is 1.29. The number of hydrogen-bond donors (Lipinski definition) is 1. The van der Waals surface area contributed by atoms with Gasteiger partial charge in [0.25, 0.3) is 5.89 Å². The molecule has 1 aromatic carbocycles. The molecule has 0 unspecified atom stereocenters. The molecule has 0 aliphatic carbocycles. The van der Waals surface area contributed by atoms with Gasteiger partial charge in [-0.25, -0.2) is 4.98 Å². The standard InChI is InChI=1S/C19H21N5O2S/c1-13-22-19(26-23-13)15-6-9-18(21-11-15)27-12-17(25)20-10-14-4-7-16(8-5-14)24(2)3/h4-9,11H,10,12H2,1-3H3,(H,20,25). The van der Waals surface area contributed by atoms with E-state index in [0.29, 0.717) is 24.0 Å². The van der Waals surface area contributed by atoms with Crippen molar-refractivity contribution in [2.45, 2.75) is 18.5 Å². The molecule has 0 aliphatic heterocycles. The molecule has 7 nitrogen and oxygen atoms in total. The number of aromatic nitrogens is 3. The highest BCUT2D eigenvalue weighted by atomic mass is 32.2. The highest BCUT2D eigenvalue weighted by Crippen LogP contribution is 2.20. The largest absolute Gasteiger partial charge is 0.378 e. The normalized spacial score (nSPS) is 10.6. The van der Waals surface area contributed by atoms with Gasteiger partial charge in [0.05, 0.1) is 16.3 Å². The zero-order chi connectivity index (χ0) is 19.2. The van der Waals surface area contributed by atoms with Gasteiger partial charge in [-0.15, -0.1) is 0 Å². The van der Waals surface area contributed by atoms with Crippen molar-refractivity contribution in [3.05, 3.63) is 54.0 Å². The number of nitrogens with one attached hydrogen (secondary N) is 1. The lowest BCUT2D eigenvalue weighted by atomic mass is 10.2. The highest BCUT2D eigenvalue weighted by molar-refractivity contribution is 7.99. The third-order valence-electron chi connectivity index (χ3n) is 3.80. The van der Waals surface area contributed by atoms with Gasteiger partial charge in [0.2, 0.25) is 5.91 Å². The molecule has 0 spiro atoms. The number of aryl methyl sites for hydroxylation is 1. The molecule has 3 rings (SSSR count). The van der Waals surface area contributed by atoms with E-state index in [1.165, 1.54) is 11.8 Å². The molecule has 0 radical (unpaired) electrons. The summed E-state index contributed by atoms with van der Waals surface area (Å²) in [7, 11) is 4.00. The maximum atomic E-state index is 12.1. The lowest BCUT2D eigenvalue weighted by molar-refractivity contribution is -0.118. The van der Waals surface area contributed by atoms with Crippen molar-refractivity contribution in [2.24, 2.45) is 0 Å². The van der Waals surface area contributed by atoms with Crippen LogP contribution >= 0.6 is 11.8 Å². The van der Waals surface area contributed by atoms with Crippen molar-refractivity contribution in [1.29, 1.82) is 0 Å². The average molecular weight is 383 g/mol. The SMILES string of the molecule is Cc1noc(-c2ccc(SCC(=O)NCc3ccc(N(C)C)cc3)nc2)n1. The van der Waals surface area contributed by atoms with E-state index in [9.17, 15) is 4.79 Å². The van der Waals surface area contributed by atoms with Crippen LogP contribution in [0.15, 0.2) is 52.1 Å². The second-order valence-corrected chi connectivity index (χ2v) is 7.15. The van der Waals surface area contributed by atoms with Crippen LogP contribution in [0.2, 0.25) is 0 Å². The van der Waals surface area contributed by atoms with E-state index in [4.69, 9.17) is 4.52 Å². The quantitative estimate of drug-likeness (QED) is 0.628. The monoisotopic (exact) mass is 383 g/mol. The van der Waals surface area contributed by atoms with Crippen LogP contribution in [0.1, 0.15) is 11.4 Å². The maximum Gasteiger partial charge on any atom is 0.259 e. The second kappa shape index (κ2) is 8.68. The number of rotatable bonds is 7. The Labute approximate surface area is 162 Å². The summed E-state index contributed by atoms with van der Waals surface area (Å²) in [5.41, 5.74) is 2.95. The molecule has 1 N–H and O–H groups in total. The minimum atomic E-state index is -0.0323. The lowest BCUT2D eigenvalue weighted by Gasteiger charge is -2.12. The third-order valence-corrected chi connectivity index (χ3v) is 4.75. The Balaban J connectivity index is 1.46. The van der Waals surface area contributed by atoms with E-state index < -0.39 is 0 Å². The van der Waals surface area contributed by atoms with Gasteiger partial charge in [-0.3, -0.25) is 4.79 Å². The van der Waals surface area contributed by atoms with Crippen LogP contribution in [-0.4, -0.2) is 40.9 Å². The Morgan fingerprint density at radius 2 is 1.96 bits per heavy atom. The van der Waals surface area contributed by atoms with Crippen molar-refractivity contribution >= 4 is 23.4 Å². The summed E-state index contributed by atoms with van der Waals surface area (Å²) >= 11 is 1.38. The first kappa shape index (κ1) is 18.9. The number of amides is 1. The van der Waals surface area contributed by atoms with Crippen LogP contribution in [0.25, 0.3) is 11.5 Å². The molecule has 2 heterocycles. The number of anilines is 1. The zero-order valence-corrected chi connectivity index (χ0v) is 16.3. The lowest BCUT2D eigenvalue weighted by Crippen LogP contribution is -2.24. The first-order chi connectivity index (χ1) is 13.0. The molecule has 140 valence electrons. The Morgan fingerprint density at radius 1 is 1.19 bits per heavy atom. The fraction of sp³-hybridized carbons (Fsp3) is 0.263. The first-order valence-corrected chi connectivity index (χ1v) is 9.42. The molecule has 27 heavy (non-hydrogen) atoms. The molecule has 0 saturated carbocycles. The smallest absolute Gasteiger partial charge is 0.259 e. The van der Waals surface area contributed by atoms with Gasteiger partial charge >= 0.3 is 0 Å². The number of pyridine rings is 1. The minimum absolute atomic E-state index is 0.0323. The van der Waals surface area contributed by atoms with Crippen LogP contribution in [0.3, 0.4) is 0 Å². The molecule has 0 fully saturated rings.